The highest BCUT2D eigenvalue weighted by Crippen LogP contribution is 2.35. The van der Waals surface area contributed by atoms with Gasteiger partial charge in [0.1, 0.15) is 0 Å². The Morgan fingerprint density at radius 2 is 1.26 bits per heavy atom. The zero-order valence-corrected chi connectivity index (χ0v) is 14.6. The third-order valence-electron chi connectivity index (χ3n) is 5.35. The molecule has 0 atom stereocenters. The minimum Gasteiger partial charge on any atom is -0.306 e. The predicted octanol–water partition coefficient (Wildman–Crippen LogP) is 6.46. The van der Waals surface area contributed by atoms with Crippen molar-refractivity contribution in [3.05, 3.63) is 97.1 Å². The van der Waals surface area contributed by atoms with Gasteiger partial charge in [0, 0.05) is 10.9 Å². The molecule has 0 bridgehead atoms. The van der Waals surface area contributed by atoms with Crippen molar-refractivity contribution in [1.29, 1.82) is 0 Å². The monoisotopic (exact) mass is 344 g/mol. The topological polar surface area (TPSA) is 17.3 Å². The summed E-state index contributed by atoms with van der Waals surface area (Å²) in [5.41, 5.74) is 6.71. The van der Waals surface area contributed by atoms with Gasteiger partial charge < -0.3 is 4.40 Å². The normalized spacial score (nSPS) is 11.7. The van der Waals surface area contributed by atoms with E-state index in [1.165, 1.54) is 27.2 Å². The van der Waals surface area contributed by atoms with Crippen LogP contribution in [0.1, 0.15) is 0 Å². The first-order valence-electron chi connectivity index (χ1n) is 9.17. The maximum atomic E-state index is 5.10. The molecule has 2 heteroatoms. The molecule has 6 rings (SSSR count). The first kappa shape index (κ1) is 14.5. The Morgan fingerprint density at radius 3 is 2.19 bits per heavy atom. The van der Waals surface area contributed by atoms with E-state index in [9.17, 15) is 0 Å². The van der Waals surface area contributed by atoms with Crippen LogP contribution in [0.2, 0.25) is 0 Å². The molecule has 0 saturated carbocycles. The van der Waals surface area contributed by atoms with Crippen molar-refractivity contribution in [2.45, 2.75) is 0 Å². The lowest BCUT2D eigenvalue weighted by atomic mass is 10.0. The molecule has 0 N–H and O–H groups in total. The van der Waals surface area contributed by atoms with Gasteiger partial charge in [0.25, 0.3) is 0 Å². The summed E-state index contributed by atoms with van der Waals surface area (Å²) >= 11 is 0. The smallest absolute Gasteiger partial charge is 0.0957 e. The van der Waals surface area contributed by atoms with Crippen LogP contribution in [0, 0.1) is 0 Å². The van der Waals surface area contributed by atoms with E-state index >= 15 is 0 Å². The molecule has 4 aromatic carbocycles. The Kier molecular flexibility index (Phi) is 2.91. The Hall–Kier alpha value is -3.65. The zero-order chi connectivity index (χ0) is 17.8. The minimum atomic E-state index is 1.01. The summed E-state index contributed by atoms with van der Waals surface area (Å²) in [6.45, 7) is 0. The fourth-order valence-electron chi connectivity index (χ4n) is 4.14. The maximum absolute atomic E-state index is 5.10. The van der Waals surface area contributed by atoms with E-state index in [0.717, 1.165) is 22.2 Å². The van der Waals surface area contributed by atoms with Crippen LogP contribution in [-0.2, 0) is 0 Å². The van der Waals surface area contributed by atoms with Gasteiger partial charge in [-0.3, -0.25) is 0 Å². The number of aromatic nitrogens is 2. The number of benzene rings is 4. The average Bonchev–Trinajstić information content (AvgIpc) is 3.13. The van der Waals surface area contributed by atoms with Crippen molar-refractivity contribution >= 4 is 38.2 Å². The lowest BCUT2D eigenvalue weighted by Crippen LogP contribution is -1.95. The van der Waals surface area contributed by atoms with Gasteiger partial charge >= 0.3 is 0 Å². The molecule has 0 radical (unpaired) electrons. The van der Waals surface area contributed by atoms with Crippen LogP contribution in [0.4, 0.5) is 0 Å². The molecule has 2 heterocycles. The molecule has 0 fully saturated rings. The second kappa shape index (κ2) is 5.42. The molecule has 2 aromatic heterocycles. The SMILES string of the molecule is c1ccc2c(-c3nc4ccccc4n4c3cc3ccccc34)cccc2c1. The Morgan fingerprint density at radius 1 is 0.556 bits per heavy atom. The fourth-order valence-corrected chi connectivity index (χ4v) is 4.14. The molecule has 0 spiro atoms. The molecule has 0 aliphatic carbocycles. The molecule has 0 saturated heterocycles. The van der Waals surface area contributed by atoms with Crippen molar-refractivity contribution in [2.24, 2.45) is 0 Å². The Balaban J connectivity index is 1.86. The molecule has 27 heavy (non-hydrogen) atoms. The van der Waals surface area contributed by atoms with Gasteiger partial charge in [-0.05, 0) is 35.0 Å². The number of hydrogen-bond donors (Lipinski definition) is 0. The van der Waals surface area contributed by atoms with Crippen LogP contribution in [0.3, 0.4) is 0 Å². The molecular formula is C25H16N2. The van der Waals surface area contributed by atoms with Crippen molar-refractivity contribution < 1.29 is 0 Å². The van der Waals surface area contributed by atoms with E-state index in [1.54, 1.807) is 0 Å². The first-order valence-corrected chi connectivity index (χ1v) is 9.17. The second-order valence-corrected chi connectivity index (χ2v) is 6.90. The quantitative estimate of drug-likeness (QED) is 0.334. The van der Waals surface area contributed by atoms with Gasteiger partial charge in [-0.2, -0.15) is 0 Å². The number of para-hydroxylation sites is 3. The van der Waals surface area contributed by atoms with Crippen molar-refractivity contribution in [3.63, 3.8) is 0 Å². The van der Waals surface area contributed by atoms with E-state index in [0.29, 0.717) is 0 Å². The number of rotatable bonds is 1. The molecule has 0 aliphatic heterocycles. The van der Waals surface area contributed by atoms with Gasteiger partial charge in [0.15, 0.2) is 0 Å². The summed E-state index contributed by atoms with van der Waals surface area (Å²) in [5, 5.41) is 3.70. The average molecular weight is 344 g/mol. The summed E-state index contributed by atoms with van der Waals surface area (Å²) in [5.74, 6) is 0. The van der Waals surface area contributed by atoms with Crippen LogP contribution in [0.15, 0.2) is 97.1 Å². The van der Waals surface area contributed by atoms with E-state index in [1.807, 2.05) is 0 Å². The zero-order valence-electron chi connectivity index (χ0n) is 14.6. The Bertz CT molecular complexity index is 1470. The summed E-state index contributed by atoms with van der Waals surface area (Å²) in [6, 6.07) is 34.2. The molecule has 0 aliphatic rings. The van der Waals surface area contributed by atoms with E-state index < -0.39 is 0 Å². The van der Waals surface area contributed by atoms with Crippen LogP contribution in [0.25, 0.3) is 49.5 Å². The highest BCUT2D eigenvalue weighted by atomic mass is 14.9. The van der Waals surface area contributed by atoms with Gasteiger partial charge in [-0.1, -0.05) is 72.8 Å². The molecule has 126 valence electrons. The van der Waals surface area contributed by atoms with E-state index in [2.05, 4.69) is 101 Å². The van der Waals surface area contributed by atoms with E-state index in [-0.39, 0.29) is 0 Å². The third kappa shape index (κ3) is 2.04. The van der Waals surface area contributed by atoms with Crippen LogP contribution in [0.5, 0.6) is 0 Å². The largest absolute Gasteiger partial charge is 0.306 e. The van der Waals surface area contributed by atoms with Crippen LogP contribution >= 0.6 is 0 Å². The third-order valence-corrected chi connectivity index (χ3v) is 5.35. The Labute approximate surface area is 156 Å². The predicted molar refractivity (Wildman–Crippen MR) is 113 cm³/mol. The number of nitrogens with zero attached hydrogens (tertiary/aromatic N) is 2. The van der Waals surface area contributed by atoms with Crippen molar-refractivity contribution in [2.75, 3.05) is 0 Å². The minimum absolute atomic E-state index is 1.01. The van der Waals surface area contributed by atoms with Crippen molar-refractivity contribution in [3.8, 4) is 11.3 Å². The van der Waals surface area contributed by atoms with Gasteiger partial charge in [0.2, 0.25) is 0 Å². The summed E-state index contributed by atoms with van der Waals surface area (Å²) in [7, 11) is 0. The van der Waals surface area contributed by atoms with Gasteiger partial charge in [-0.15, -0.1) is 0 Å². The second-order valence-electron chi connectivity index (χ2n) is 6.90. The molecule has 0 amide bonds. The van der Waals surface area contributed by atoms with Crippen LogP contribution < -0.4 is 0 Å². The van der Waals surface area contributed by atoms with E-state index in [4.69, 9.17) is 4.98 Å². The lowest BCUT2D eigenvalue weighted by molar-refractivity contribution is 1.27. The highest BCUT2D eigenvalue weighted by molar-refractivity contribution is 6.04. The summed E-state index contributed by atoms with van der Waals surface area (Å²) in [6.07, 6.45) is 0. The summed E-state index contributed by atoms with van der Waals surface area (Å²) < 4.78 is 2.34. The van der Waals surface area contributed by atoms with Crippen molar-refractivity contribution in [1.82, 2.24) is 9.38 Å². The fraction of sp³-hybridized carbons (Fsp3) is 0. The highest BCUT2D eigenvalue weighted by Gasteiger charge is 2.15. The number of fused-ring (bicyclic) bond motifs is 6. The standard InChI is InChI=1S/C25H16N2/c1-3-11-19-17(8-1)10-7-12-20(19)25-24-16-18-9-2-5-14-22(18)27(24)23-15-6-4-13-21(23)26-25/h1-16H. The molecule has 6 aromatic rings. The molecule has 0 unspecified atom stereocenters. The lowest BCUT2D eigenvalue weighted by Gasteiger charge is -2.11. The van der Waals surface area contributed by atoms with Gasteiger partial charge in [0.05, 0.1) is 27.8 Å². The maximum Gasteiger partial charge on any atom is 0.0957 e. The summed E-state index contributed by atoms with van der Waals surface area (Å²) in [4.78, 5) is 5.10. The molecular weight excluding hydrogens is 328 g/mol. The number of hydrogen-bond acceptors (Lipinski definition) is 1. The van der Waals surface area contributed by atoms with Crippen LogP contribution in [-0.4, -0.2) is 9.38 Å². The first-order chi connectivity index (χ1) is 13.4. The molecule has 2 nitrogen and oxygen atoms in total. The van der Waals surface area contributed by atoms with Gasteiger partial charge in [-0.25, -0.2) is 4.98 Å².